The van der Waals surface area contributed by atoms with Crippen molar-refractivity contribution in [3.05, 3.63) is 53.8 Å². The Hall–Kier alpha value is -2.95. The lowest BCUT2D eigenvalue weighted by molar-refractivity contribution is 0.101. The van der Waals surface area contributed by atoms with Crippen molar-refractivity contribution >= 4 is 22.4 Å². The highest BCUT2D eigenvalue weighted by Crippen LogP contribution is 2.35. The molecule has 1 heterocycles. The number of nitrogen functional groups attached to an aromatic ring is 1. The molecule has 0 aliphatic heterocycles. The number of hydrogen-bond donors (Lipinski definition) is 1. The smallest absolute Gasteiger partial charge is 0.230 e. The van der Waals surface area contributed by atoms with Crippen LogP contribution in [0.4, 0.5) is 5.69 Å². The Kier molecular flexibility index (Phi) is 3.47. The van der Waals surface area contributed by atoms with Crippen LogP contribution in [-0.2, 0) is 0 Å². The second kappa shape index (κ2) is 5.44. The van der Waals surface area contributed by atoms with Crippen molar-refractivity contribution < 1.29 is 18.7 Å². The lowest BCUT2D eigenvalue weighted by Crippen LogP contribution is -2.02. The van der Waals surface area contributed by atoms with E-state index >= 15 is 0 Å². The van der Waals surface area contributed by atoms with E-state index in [-0.39, 0.29) is 11.5 Å². The first kappa shape index (κ1) is 14.0. The highest BCUT2D eigenvalue weighted by atomic mass is 16.5. The maximum absolute atomic E-state index is 12.6. The van der Waals surface area contributed by atoms with Crippen LogP contribution in [-0.4, -0.2) is 20.0 Å². The molecule has 2 N–H and O–H groups in total. The number of carbonyl (C=O) groups is 1. The minimum Gasteiger partial charge on any atom is -0.497 e. The molecular weight excluding hydrogens is 282 g/mol. The van der Waals surface area contributed by atoms with E-state index in [4.69, 9.17) is 19.6 Å². The van der Waals surface area contributed by atoms with Gasteiger partial charge in [0.25, 0.3) is 0 Å². The summed E-state index contributed by atoms with van der Waals surface area (Å²) >= 11 is 0. The van der Waals surface area contributed by atoms with Crippen molar-refractivity contribution in [2.45, 2.75) is 0 Å². The van der Waals surface area contributed by atoms with Gasteiger partial charge in [-0.2, -0.15) is 0 Å². The van der Waals surface area contributed by atoms with Gasteiger partial charge in [-0.15, -0.1) is 0 Å². The topological polar surface area (TPSA) is 74.7 Å². The molecule has 0 aliphatic carbocycles. The molecule has 0 unspecified atom stereocenters. The molecule has 1 aromatic heterocycles. The van der Waals surface area contributed by atoms with Crippen LogP contribution in [0.5, 0.6) is 11.5 Å². The highest BCUT2D eigenvalue weighted by Gasteiger charge is 2.21. The third kappa shape index (κ3) is 2.16. The number of ether oxygens (including phenoxy) is 2. The zero-order chi connectivity index (χ0) is 15.7. The van der Waals surface area contributed by atoms with Gasteiger partial charge in [0.1, 0.15) is 5.75 Å². The standard InChI is InChI=1S/C17H15NO4/c1-20-11-8-6-10(7-9-11)15(19)17-14(18)12-4-3-5-13(21-2)16(12)22-17/h3-9H,18H2,1-2H3. The highest BCUT2D eigenvalue weighted by molar-refractivity contribution is 6.14. The average molecular weight is 297 g/mol. The number of nitrogens with two attached hydrogens (primary N) is 1. The summed E-state index contributed by atoms with van der Waals surface area (Å²) in [5.41, 5.74) is 7.33. The van der Waals surface area contributed by atoms with Gasteiger partial charge < -0.3 is 19.6 Å². The second-order valence-corrected chi connectivity index (χ2v) is 4.74. The number of anilines is 1. The fourth-order valence-corrected chi connectivity index (χ4v) is 2.32. The summed E-state index contributed by atoms with van der Waals surface area (Å²) in [5.74, 6) is 1.05. The SMILES string of the molecule is COc1ccc(C(=O)c2oc3c(OC)cccc3c2N)cc1. The molecule has 3 rings (SSSR count). The predicted molar refractivity (Wildman–Crippen MR) is 83.6 cm³/mol. The van der Waals surface area contributed by atoms with Crippen LogP contribution in [0.15, 0.2) is 46.9 Å². The van der Waals surface area contributed by atoms with Gasteiger partial charge >= 0.3 is 0 Å². The minimum absolute atomic E-state index is 0.115. The third-order valence-corrected chi connectivity index (χ3v) is 3.50. The summed E-state index contributed by atoms with van der Waals surface area (Å²) in [6.45, 7) is 0. The molecule has 0 atom stereocenters. The van der Waals surface area contributed by atoms with E-state index in [0.29, 0.717) is 33.7 Å². The Morgan fingerprint density at radius 2 is 1.77 bits per heavy atom. The van der Waals surface area contributed by atoms with Gasteiger partial charge in [0.15, 0.2) is 17.1 Å². The molecular formula is C17H15NO4. The summed E-state index contributed by atoms with van der Waals surface area (Å²) in [7, 11) is 3.11. The van der Waals surface area contributed by atoms with Crippen molar-refractivity contribution in [1.29, 1.82) is 0 Å². The first-order valence-corrected chi connectivity index (χ1v) is 6.69. The van der Waals surface area contributed by atoms with Gasteiger partial charge in [-0.1, -0.05) is 6.07 Å². The van der Waals surface area contributed by atoms with Gasteiger partial charge in [-0.3, -0.25) is 4.79 Å². The van der Waals surface area contributed by atoms with Gasteiger partial charge in [0.2, 0.25) is 5.78 Å². The number of furan rings is 1. The van der Waals surface area contributed by atoms with Crippen LogP contribution in [0.2, 0.25) is 0 Å². The minimum atomic E-state index is -0.279. The van der Waals surface area contributed by atoms with E-state index in [1.807, 2.05) is 0 Å². The molecule has 0 fully saturated rings. The van der Waals surface area contributed by atoms with Crippen molar-refractivity contribution in [3.8, 4) is 11.5 Å². The Bertz CT molecular complexity index is 834. The molecule has 0 saturated carbocycles. The maximum atomic E-state index is 12.6. The first-order valence-electron chi connectivity index (χ1n) is 6.69. The Balaban J connectivity index is 2.08. The van der Waals surface area contributed by atoms with Crippen LogP contribution in [0.3, 0.4) is 0 Å². The number of fused-ring (bicyclic) bond motifs is 1. The molecule has 112 valence electrons. The van der Waals surface area contributed by atoms with E-state index in [1.54, 1.807) is 56.7 Å². The van der Waals surface area contributed by atoms with E-state index in [9.17, 15) is 4.79 Å². The molecule has 0 amide bonds. The molecule has 0 saturated heterocycles. The predicted octanol–water partition coefficient (Wildman–Crippen LogP) is 3.26. The third-order valence-electron chi connectivity index (χ3n) is 3.50. The maximum Gasteiger partial charge on any atom is 0.230 e. The van der Waals surface area contributed by atoms with Crippen molar-refractivity contribution in [3.63, 3.8) is 0 Å². The summed E-state index contributed by atoms with van der Waals surface area (Å²) in [6.07, 6.45) is 0. The van der Waals surface area contributed by atoms with Crippen LogP contribution in [0.1, 0.15) is 16.1 Å². The Morgan fingerprint density at radius 1 is 1.05 bits per heavy atom. The fourth-order valence-electron chi connectivity index (χ4n) is 2.32. The molecule has 0 radical (unpaired) electrons. The molecule has 0 bridgehead atoms. The molecule has 0 spiro atoms. The van der Waals surface area contributed by atoms with Gasteiger partial charge in [0, 0.05) is 10.9 Å². The molecule has 2 aromatic carbocycles. The summed E-state index contributed by atoms with van der Waals surface area (Å²) in [6, 6.07) is 12.1. The average Bonchev–Trinajstić information content (AvgIpc) is 2.91. The number of para-hydroxylation sites is 1. The largest absolute Gasteiger partial charge is 0.497 e. The van der Waals surface area contributed by atoms with E-state index < -0.39 is 0 Å². The number of carbonyl (C=O) groups excluding carboxylic acids is 1. The zero-order valence-corrected chi connectivity index (χ0v) is 12.3. The Labute approximate surface area is 127 Å². The number of ketones is 1. The van der Waals surface area contributed by atoms with Crippen LogP contribution >= 0.6 is 0 Å². The summed E-state index contributed by atoms with van der Waals surface area (Å²) in [4.78, 5) is 12.6. The summed E-state index contributed by atoms with van der Waals surface area (Å²) < 4.78 is 16.0. The van der Waals surface area contributed by atoms with Crippen molar-refractivity contribution in [2.24, 2.45) is 0 Å². The van der Waals surface area contributed by atoms with Crippen LogP contribution < -0.4 is 15.2 Å². The number of rotatable bonds is 4. The van der Waals surface area contributed by atoms with Crippen molar-refractivity contribution in [2.75, 3.05) is 20.0 Å². The first-order chi connectivity index (χ1) is 10.7. The van der Waals surface area contributed by atoms with Gasteiger partial charge in [-0.05, 0) is 36.4 Å². The second-order valence-electron chi connectivity index (χ2n) is 4.74. The van der Waals surface area contributed by atoms with Gasteiger partial charge in [-0.25, -0.2) is 0 Å². The quantitative estimate of drug-likeness (QED) is 0.748. The van der Waals surface area contributed by atoms with Crippen molar-refractivity contribution in [1.82, 2.24) is 0 Å². The fraction of sp³-hybridized carbons (Fsp3) is 0.118. The van der Waals surface area contributed by atoms with E-state index in [2.05, 4.69) is 0 Å². The van der Waals surface area contributed by atoms with E-state index in [1.165, 1.54) is 0 Å². The summed E-state index contributed by atoms with van der Waals surface area (Å²) in [5, 5.41) is 0.663. The zero-order valence-electron chi connectivity index (χ0n) is 12.3. The monoisotopic (exact) mass is 297 g/mol. The molecule has 5 nitrogen and oxygen atoms in total. The van der Waals surface area contributed by atoms with E-state index in [0.717, 1.165) is 0 Å². The normalized spacial score (nSPS) is 10.6. The molecule has 3 aromatic rings. The van der Waals surface area contributed by atoms with Crippen LogP contribution in [0, 0.1) is 0 Å². The number of hydrogen-bond acceptors (Lipinski definition) is 5. The lowest BCUT2D eigenvalue weighted by Gasteiger charge is -2.01. The molecule has 5 heteroatoms. The van der Waals surface area contributed by atoms with Gasteiger partial charge in [0.05, 0.1) is 19.9 Å². The molecule has 0 aliphatic rings. The lowest BCUT2D eigenvalue weighted by atomic mass is 10.1. The van der Waals surface area contributed by atoms with Crippen LogP contribution in [0.25, 0.3) is 11.0 Å². The number of benzene rings is 2. The Morgan fingerprint density at radius 3 is 2.41 bits per heavy atom. The molecule has 22 heavy (non-hydrogen) atoms. The number of methoxy groups -OCH3 is 2.